The highest BCUT2D eigenvalue weighted by Gasteiger charge is 2.34. The minimum absolute atomic E-state index is 0.225. The number of piperidine rings is 1. The summed E-state index contributed by atoms with van der Waals surface area (Å²) in [4.78, 5) is 21.3. The number of imidazole rings is 1. The molecular weight excluding hydrogens is 288 g/mol. The normalized spacial score (nSPS) is 22.0. The van der Waals surface area contributed by atoms with Crippen molar-refractivity contribution in [3.63, 3.8) is 0 Å². The van der Waals surface area contributed by atoms with E-state index in [1.54, 1.807) is 6.33 Å². The van der Waals surface area contributed by atoms with E-state index >= 15 is 0 Å². The molecule has 2 heterocycles. The molecule has 0 N–H and O–H groups in total. The number of carbonyl (C=O) groups excluding carboxylic acids is 1. The molecule has 0 bridgehead atoms. The summed E-state index contributed by atoms with van der Waals surface area (Å²) in [6.07, 6.45) is 11.6. The van der Waals surface area contributed by atoms with Crippen molar-refractivity contribution in [3.05, 3.63) is 18.2 Å². The first-order chi connectivity index (χ1) is 11.1. The monoisotopic (exact) mass is 318 g/mol. The molecule has 1 aromatic rings. The molecule has 5 nitrogen and oxygen atoms in total. The van der Waals surface area contributed by atoms with Crippen LogP contribution in [0.3, 0.4) is 0 Å². The van der Waals surface area contributed by atoms with Crippen LogP contribution < -0.4 is 0 Å². The van der Waals surface area contributed by atoms with Crippen molar-refractivity contribution in [2.24, 2.45) is 18.9 Å². The largest absolute Gasteiger partial charge is 0.341 e. The van der Waals surface area contributed by atoms with E-state index in [0.29, 0.717) is 0 Å². The Morgan fingerprint density at radius 3 is 2.30 bits per heavy atom. The molecule has 5 heteroatoms. The maximum Gasteiger partial charge on any atom is 0.246 e. The standard InChI is InChI=1S/C18H30N4O/c1-20(2)17(16-12-19-13-21(16)3)18(23)22-10-8-15(9-11-22)14-6-4-5-7-14/h12-15,17H,4-11H2,1-3H3. The first-order valence-electron chi connectivity index (χ1n) is 8.99. The third kappa shape index (κ3) is 3.44. The highest BCUT2D eigenvalue weighted by atomic mass is 16.2. The lowest BCUT2D eigenvalue weighted by atomic mass is 9.83. The van der Waals surface area contributed by atoms with Gasteiger partial charge in [0.2, 0.25) is 5.91 Å². The molecule has 1 saturated carbocycles. The number of likely N-dealkylation sites (tertiary alicyclic amines) is 1. The van der Waals surface area contributed by atoms with E-state index in [0.717, 1.165) is 30.6 Å². The third-order valence-corrected chi connectivity index (χ3v) is 5.80. The molecular formula is C18H30N4O. The van der Waals surface area contributed by atoms with Crippen LogP contribution in [0.2, 0.25) is 0 Å². The predicted molar refractivity (Wildman–Crippen MR) is 90.9 cm³/mol. The van der Waals surface area contributed by atoms with Gasteiger partial charge >= 0.3 is 0 Å². The zero-order valence-corrected chi connectivity index (χ0v) is 14.7. The Morgan fingerprint density at radius 2 is 1.78 bits per heavy atom. The molecule has 1 amide bonds. The van der Waals surface area contributed by atoms with Gasteiger partial charge in [0.05, 0.1) is 18.2 Å². The molecule has 0 spiro atoms. The van der Waals surface area contributed by atoms with E-state index in [-0.39, 0.29) is 11.9 Å². The van der Waals surface area contributed by atoms with Gasteiger partial charge in [0, 0.05) is 20.1 Å². The Hall–Kier alpha value is -1.36. The summed E-state index contributed by atoms with van der Waals surface area (Å²) in [6, 6.07) is -0.231. The smallest absolute Gasteiger partial charge is 0.246 e. The van der Waals surface area contributed by atoms with Gasteiger partial charge in [-0.25, -0.2) is 4.98 Å². The Kier molecular flexibility index (Phi) is 5.05. The van der Waals surface area contributed by atoms with Crippen molar-refractivity contribution in [3.8, 4) is 0 Å². The SMILES string of the molecule is CN(C)C(C(=O)N1CCC(C2CCCC2)CC1)c1cncn1C. The van der Waals surface area contributed by atoms with E-state index in [2.05, 4.69) is 9.88 Å². The number of amides is 1. The van der Waals surface area contributed by atoms with Gasteiger partial charge in [-0.05, 0) is 38.8 Å². The Morgan fingerprint density at radius 1 is 1.17 bits per heavy atom. The van der Waals surface area contributed by atoms with Gasteiger partial charge in [-0.2, -0.15) is 0 Å². The van der Waals surface area contributed by atoms with E-state index in [4.69, 9.17) is 0 Å². The second-order valence-electron chi connectivity index (χ2n) is 7.50. The molecule has 1 unspecified atom stereocenters. The van der Waals surface area contributed by atoms with Crippen molar-refractivity contribution < 1.29 is 4.79 Å². The lowest BCUT2D eigenvalue weighted by Gasteiger charge is -2.37. The van der Waals surface area contributed by atoms with Gasteiger partial charge in [-0.15, -0.1) is 0 Å². The van der Waals surface area contributed by atoms with Crippen LogP contribution in [0.5, 0.6) is 0 Å². The molecule has 1 saturated heterocycles. The fraction of sp³-hybridized carbons (Fsp3) is 0.778. The molecule has 1 atom stereocenters. The van der Waals surface area contributed by atoms with Gasteiger partial charge in [0.15, 0.2) is 0 Å². The first-order valence-corrected chi connectivity index (χ1v) is 8.99. The van der Waals surface area contributed by atoms with Crippen molar-refractivity contribution in [2.45, 2.75) is 44.6 Å². The molecule has 3 rings (SSSR count). The van der Waals surface area contributed by atoms with Crippen LogP contribution in [0.4, 0.5) is 0 Å². The fourth-order valence-electron chi connectivity index (χ4n) is 4.44. The number of aryl methyl sites for hydroxylation is 1. The van der Waals surface area contributed by atoms with Gasteiger partial charge in [-0.1, -0.05) is 25.7 Å². The quantitative estimate of drug-likeness (QED) is 0.856. The summed E-state index contributed by atoms with van der Waals surface area (Å²) in [7, 11) is 5.90. The summed E-state index contributed by atoms with van der Waals surface area (Å²) >= 11 is 0. The van der Waals surface area contributed by atoms with E-state index in [9.17, 15) is 4.79 Å². The molecule has 23 heavy (non-hydrogen) atoms. The van der Waals surface area contributed by atoms with Gasteiger partial charge in [0.25, 0.3) is 0 Å². The van der Waals surface area contributed by atoms with Crippen LogP contribution in [0.25, 0.3) is 0 Å². The molecule has 128 valence electrons. The molecule has 2 fully saturated rings. The number of hydrogen-bond acceptors (Lipinski definition) is 3. The summed E-state index contributed by atoms with van der Waals surface area (Å²) < 4.78 is 1.95. The molecule has 0 aromatic carbocycles. The van der Waals surface area contributed by atoms with Crippen molar-refractivity contribution in [2.75, 3.05) is 27.2 Å². The molecule has 1 aliphatic carbocycles. The number of rotatable bonds is 4. The van der Waals surface area contributed by atoms with Crippen LogP contribution in [0.1, 0.15) is 50.3 Å². The van der Waals surface area contributed by atoms with Crippen LogP contribution in [-0.4, -0.2) is 52.4 Å². The topological polar surface area (TPSA) is 41.4 Å². The Bertz CT molecular complexity index is 525. The van der Waals surface area contributed by atoms with Gasteiger partial charge in [0.1, 0.15) is 6.04 Å². The summed E-state index contributed by atoms with van der Waals surface area (Å²) in [5, 5.41) is 0. The molecule has 0 radical (unpaired) electrons. The summed E-state index contributed by atoms with van der Waals surface area (Å²) in [5.41, 5.74) is 0.970. The highest BCUT2D eigenvalue weighted by molar-refractivity contribution is 5.83. The molecule has 1 aromatic heterocycles. The van der Waals surface area contributed by atoms with E-state index < -0.39 is 0 Å². The van der Waals surface area contributed by atoms with Crippen LogP contribution in [0.15, 0.2) is 12.5 Å². The molecule has 1 aliphatic heterocycles. The zero-order valence-electron chi connectivity index (χ0n) is 14.7. The van der Waals surface area contributed by atoms with Crippen LogP contribution >= 0.6 is 0 Å². The third-order valence-electron chi connectivity index (χ3n) is 5.80. The highest BCUT2D eigenvalue weighted by Crippen LogP contribution is 2.37. The average Bonchev–Trinajstić information content (AvgIpc) is 3.20. The maximum absolute atomic E-state index is 13.1. The number of aromatic nitrogens is 2. The second kappa shape index (κ2) is 7.04. The van der Waals surface area contributed by atoms with E-state index in [1.807, 2.05) is 36.8 Å². The lowest BCUT2D eigenvalue weighted by Crippen LogP contribution is -2.45. The van der Waals surface area contributed by atoms with E-state index in [1.165, 1.54) is 38.5 Å². The number of nitrogens with zero attached hydrogens (tertiary/aromatic N) is 4. The lowest BCUT2D eigenvalue weighted by molar-refractivity contribution is -0.138. The van der Waals surface area contributed by atoms with Crippen LogP contribution in [-0.2, 0) is 11.8 Å². The second-order valence-corrected chi connectivity index (χ2v) is 7.50. The fourth-order valence-corrected chi connectivity index (χ4v) is 4.44. The van der Waals surface area contributed by atoms with Crippen molar-refractivity contribution in [1.82, 2.24) is 19.4 Å². The maximum atomic E-state index is 13.1. The Labute approximate surface area is 139 Å². The van der Waals surface area contributed by atoms with Crippen molar-refractivity contribution >= 4 is 5.91 Å². The average molecular weight is 318 g/mol. The first kappa shape index (κ1) is 16.5. The minimum Gasteiger partial charge on any atom is -0.341 e. The summed E-state index contributed by atoms with van der Waals surface area (Å²) in [6.45, 7) is 1.84. The zero-order chi connectivity index (χ0) is 16.4. The van der Waals surface area contributed by atoms with Gasteiger partial charge in [-0.3, -0.25) is 9.69 Å². The van der Waals surface area contributed by atoms with Crippen molar-refractivity contribution in [1.29, 1.82) is 0 Å². The van der Waals surface area contributed by atoms with Crippen LogP contribution in [0, 0.1) is 11.8 Å². The minimum atomic E-state index is -0.231. The predicted octanol–water partition coefficient (Wildman–Crippen LogP) is 2.45. The Balaban J connectivity index is 1.64. The number of hydrogen-bond donors (Lipinski definition) is 0. The number of carbonyl (C=O) groups is 1. The molecule has 2 aliphatic rings. The number of likely N-dealkylation sites (N-methyl/N-ethyl adjacent to an activating group) is 1. The summed E-state index contributed by atoms with van der Waals surface area (Å²) in [5.74, 6) is 1.99. The van der Waals surface area contributed by atoms with Gasteiger partial charge < -0.3 is 9.47 Å².